The predicted octanol–water partition coefficient (Wildman–Crippen LogP) is 4.73. The minimum atomic E-state index is -0.455. The Hall–Kier alpha value is -3.08. The molecule has 4 aromatic rings. The van der Waals surface area contributed by atoms with Crippen LogP contribution in [0.4, 0.5) is 5.69 Å². The molecule has 0 unspecified atom stereocenters. The number of benzene rings is 2. The minimum Gasteiger partial charge on any atom is -0.436 e. The van der Waals surface area contributed by atoms with Gasteiger partial charge in [-0.3, -0.25) is 0 Å². The monoisotopic (exact) mass is 334 g/mol. The van der Waals surface area contributed by atoms with Crippen LogP contribution in [-0.4, -0.2) is 11.5 Å². The van der Waals surface area contributed by atoms with Crippen LogP contribution >= 0.6 is 0 Å². The summed E-state index contributed by atoms with van der Waals surface area (Å²) in [6.07, 6.45) is 1.03. The molecule has 0 amide bonds. The van der Waals surface area contributed by atoms with Crippen LogP contribution in [0.25, 0.3) is 33.5 Å². The Balaban J connectivity index is 1.81. The molecule has 126 valence electrons. The van der Waals surface area contributed by atoms with Crippen LogP contribution in [0.3, 0.4) is 0 Å². The zero-order chi connectivity index (χ0) is 17.4. The number of hydrogen-bond donors (Lipinski definition) is 1. The molecule has 0 aliphatic rings. The molecule has 4 rings (SSSR count). The Morgan fingerprint density at radius 1 is 1.04 bits per heavy atom. The second kappa shape index (κ2) is 6.09. The van der Waals surface area contributed by atoms with E-state index >= 15 is 0 Å². The van der Waals surface area contributed by atoms with Gasteiger partial charge in [0.1, 0.15) is 16.7 Å². The van der Waals surface area contributed by atoms with Crippen molar-refractivity contribution < 1.29 is 8.83 Å². The van der Waals surface area contributed by atoms with Crippen LogP contribution < -0.4 is 10.9 Å². The lowest BCUT2D eigenvalue weighted by molar-refractivity contribution is 0.553. The molecule has 5 heteroatoms. The van der Waals surface area contributed by atoms with E-state index in [0.717, 1.165) is 35.1 Å². The molecule has 0 aliphatic heterocycles. The van der Waals surface area contributed by atoms with Crippen molar-refractivity contribution in [2.45, 2.75) is 20.3 Å². The summed E-state index contributed by atoms with van der Waals surface area (Å²) in [6, 6.07) is 13.2. The Bertz CT molecular complexity index is 1120. The Morgan fingerprint density at radius 3 is 2.76 bits per heavy atom. The average Bonchev–Trinajstić information content (AvgIpc) is 3.01. The van der Waals surface area contributed by atoms with Gasteiger partial charge in [0.05, 0.1) is 0 Å². The lowest BCUT2D eigenvalue weighted by Crippen LogP contribution is -2.04. The number of oxazole rings is 1. The molecule has 0 fully saturated rings. The first-order valence-corrected chi connectivity index (χ1v) is 8.33. The van der Waals surface area contributed by atoms with Crippen LogP contribution in [0.5, 0.6) is 0 Å². The Kier molecular flexibility index (Phi) is 3.76. The van der Waals surface area contributed by atoms with Gasteiger partial charge in [-0.2, -0.15) is 0 Å². The lowest BCUT2D eigenvalue weighted by atomic mass is 10.1. The normalized spacial score (nSPS) is 11.3. The SMILES string of the molecule is CCCNc1ccc2cc(-c3nc4cc(C)ccc4o3)c(=O)oc2c1. The molecule has 0 spiro atoms. The second-order valence-electron chi connectivity index (χ2n) is 6.12. The van der Waals surface area contributed by atoms with E-state index in [1.54, 1.807) is 6.07 Å². The van der Waals surface area contributed by atoms with Gasteiger partial charge in [-0.15, -0.1) is 0 Å². The fourth-order valence-corrected chi connectivity index (χ4v) is 2.79. The molecular formula is C20H18N2O3. The van der Waals surface area contributed by atoms with Gasteiger partial charge in [0.25, 0.3) is 0 Å². The van der Waals surface area contributed by atoms with E-state index in [2.05, 4.69) is 17.2 Å². The highest BCUT2D eigenvalue weighted by atomic mass is 16.4. The number of fused-ring (bicyclic) bond motifs is 2. The molecule has 0 saturated heterocycles. The van der Waals surface area contributed by atoms with Gasteiger partial charge in [-0.25, -0.2) is 9.78 Å². The fourth-order valence-electron chi connectivity index (χ4n) is 2.79. The van der Waals surface area contributed by atoms with E-state index < -0.39 is 5.63 Å². The van der Waals surface area contributed by atoms with Crippen molar-refractivity contribution in [2.75, 3.05) is 11.9 Å². The van der Waals surface area contributed by atoms with Gasteiger partial charge >= 0.3 is 5.63 Å². The summed E-state index contributed by atoms with van der Waals surface area (Å²) in [5.74, 6) is 0.282. The number of nitrogens with one attached hydrogen (secondary N) is 1. The lowest BCUT2D eigenvalue weighted by Gasteiger charge is -2.05. The summed E-state index contributed by atoms with van der Waals surface area (Å²) < 4.78 is 11.2. The van der Waals surface area contributed by atoms with Gasteiger partial charge in [0.15, 0.2) is 5.58 Å². The molecule has 1 N–H and O–H groups in total. The number of anilines is 1. The van der Waals surface area contributed by atoms with Gasteiger partial charge < -0.3 is 14.2 Å². The maximum Gasteiger partial charge on any atom is 0.349 e. The maximum absolute atomic E-state index is 12.4. The quantitative estimate of drug-likeness (QED) is 0.546. The summed E-state index contributed by atoms with van der Waals surface area (Å²) >= 11 is 0. The van der Waals surface area contributed by atoms with Crippen molar-refractivity contribution in [3.05, 3.63) is 58.4 Å². The molecule has 0 bridgehead atoms. The minimum absolute atomic E-state index is 0.282. The van der Waals surface area contributed by atoms with Crippen molar-refractivity contribution in [3.8, 4) is 11.5 Å². The number of aryl methyl sites for hydroxylation is 1. The number of nitrogens with zero attached hydrogens (tertiary/aromatic N) is 1. The van der Waals surface area contributed by atoms with Gasteiger partial charge in [-0.05, 0) is 49.2 Å². The molecule has 2 heterocycles. The first-order valence-electron chi connectivity index (χ1n) is 8.33. The molecule has 5 nitrogen and oxygen atoms in total. The van der Waals surface area contributed by atoms with Crippen LogP contribution in [0.2, 0.25) is 0 Å². The molecular weight excluding hydrogens is 316 g/mol. The third kappa shape index (κ3) is 2.89. The zero-order valence-corrected chi connectivity index (χ0v) is 14.1. The summed E-state index contributed by atoms with van der Waals surface area (Å²) in [7, 11) is 0. The first kappa shape index (κ1) is 15.4. The van der Waals surface area contributed by atoms with Crippen LogP contribution in [-0.2, 0) is 0 Å². The van der Waals surface area contributed by atoms with Crippen molar-refractivity contribution in [1.29, 1.82) is 0 Å². The zero-order valence-electron chi connectivity index (χ0n) is 14.1. The third-order valence-corrected chi connectivity index (χ3v) is 4.09. The Labute approximate surface area is 144 Å². The molecule has 0 saturated carbocycles. The van der Waals surface area contributed by atoms with Crippen molar-refractivity contribution in [1.82, 2.24) is 4.98 Å². The highest BCUT2D eigenvalue weighted by Gasteiger charge is 2.14. The van der Waals surface area contributed by atoms with Crippen molar-refractivity contribution in [3.63, 3.8) is 0 Å². The number of hydrogen-bond acceptors (Lipinski definition) is 5. The largest absolute Gasteiger partial charge is 0.436 e. The molecule has 25 heavy (non-hydrogen) atoms. The fraction of sp³-hybridized carbons (Fsp3) is 0.200. The van der Waals surface area contributed by atoms with E-state index in [-0.39, 0.29) is 5.89 Å². The summed E-state index contributed by atoms with van der Waals surface area (Å²) in [5, 5.41) is 4.11. The molecule has 0 atom stereocenters. The summed E-state index contributed by atoms with van der Waals surface area (Å²) in [4.78, 5) is 16.8. The van der Waals surface area contributed by atoms with Crippen molar-refractivity contribution in [2.24, 2.45) is 0 Å². The second-order valence-corrected chi connectivity index (χ2v) is 6.12. The molecule has 2 aromatic carbocycles. The average molecular weight is 334 g/mol. The first-order chi connectivity index (χ1) is 12.1. The van der Waals surface area contributed by atoms with Crippen LogP contribution in [0.15, 0.2) is 56.1 Å². The molecule has 2 aromatic heterocycles. The highest BCUT2D eigenvalue weighted by Crippen LogP contribution is 2.26. The van der Waals surface area contributed by atoms with Crippen molar-refractivity contribution >= 4 is 27.8 Å². The number of rotatable bonds is 4. The smallest absolute Gasteiger partial charge is 0.349 e. The Morgan fingerprint density at radius 2 is 1.92 bits per heavy atom. The van der Waals surface area contributed by atoms with Crippen LogP contribution in [0.1, 0.15) is 18.9 Å². The third-order valence-electron chi connectivity index (χ3n) is 4.09. The number of aromatic nitrogens is 1. The van der Waals surface area contributed by atoms with E-state index in [1.807, 2.05) is 43.3 Å². The van der Waals surface area contributed by atoms with E-state index in [9.17, 15) is 4.79 Å². The highest BCUT2D eigenvalue weighted by molar-refractivity contribution is 5.84. The van der Waals surface area contributed by atoms with Gasteiger partial charge in [-0.1, -0.05) is 13.0 Å². The van der Waals surface area contributed by atoms with Gasteiger partial charge in [0.2, 0.25) is 5.89 Å². The van der Waals surface area contributed by atoms with Crippen LogP contribution in [0, 0.1) is 6.92 Å². The topological polar surface area (TPSA) is 68.3 Å². The van der Waals surface area contributed by atoms with Gasteiger partial charge in [0, 0.05) is 23.7 Å². The molecule has 0 aliphatic carbocycles. The standard InChI is InChI=1S/C20H18N2O3/c1-3-8-21-14-6-5-13-10-15(20(23)25-18(13)11-14)19-22-16-9-12(2)4-7-17(16)24-19/h4-7,9-11,21H,3,8H2,1-2H3. The maximum atomic E-state index is 12.4. The van der Waals surface area contributed by atoms with E-state index in [0.29, 0.717) is 16.7 Å². The predicted molar refractivity (Wildman–Crippen MR) is 99.0 cm³/mol. The molecule has 0 radical (unpaired) electrons. The van der Waals surface area contributed by atoms with E-state index in [1.165, 1.54) is 0 Å². The summed E-state index contributed by atoms with van der Waals surface area (Å²) in [5.41, 5.74) is 3.82. The summed E-state index contributed by atoms with van der Waals surface area (Å²) in [6.45, 7) is 4.96. The van der Waals surface area contributed by atoms with E-state index in [4.69, 9.17) is 8.83 Å².